The van der Waals surface area contributed by atoms with Gasteiger partial charge in [0.05, 0.1) is 7.11 Å². The molecule has 1 heterocycles. The summed E-state index contributed by atoms with van der Waals surface area (Å²) in [5.41, 5.74) is 2.66. The molecule has 6 nitrogen and oxygen atoms in total. The normalized spacial score (nSPS) is 10.6. The SMILES string of the molecule is COc1ccc(C(C)=O)cc1CSc1nnc(COc2cccc(C)c2)o1. The standard InChI is InChI=1S/C20H20N2O4S/c1-13-5-4-6-17(9-13)25-11-19-21-22-20(26-19)27-12-16-10-15(14(2)23)7-8-18(16)24-3/h4-10H,11-12H2,1-3H3. The van der Waals surface area contributed by atoms with Crippen LogP contribution in [0.25, 0.3) is 0 Å². The maximum absolute atomic E-state index is 11.6. The number of aromatic nitrogens is 2. The van der Waals surface area contributed by atoms with Crippen LogP contribution in [0.3, 0.4) is 0 Å². The molecule has 140 valence electrons. The van der Waals surface area contributed by atoms with Crippen molar-refractivity contribution in [2.75, 3.05) is 7.11 Å². The van der Waals surface area contributed by atoms with Crippen molar-refractivity contribution in [1.29, 1.82) is 0 Å². The number of methoxy groups -OCH3 is 1. The molecule has 0 atom stereocenters. The summed E-state index contributed by atoms with van der Waals surface area (Å²) < 4.78 is 16.6. The Balaban J connectivity index is 1.61. The second-order valence-electron chi connectivity index (χ2n) is 5.94. The predicted octanol–water partition coefficient (Wildman–Crippen LogP) is 4.46. The lowest BCUT2D eigenvalue weighted by molar-refractivity contribution is 0.101. The van der Waals surface area contributed by atoms with E-state index < -0.39 is 0 Å². The Morgan fingerprint density at radius 2 is 2.04 bits per heavy atom. The number of rotatable bonds is 8. The van der Waals surface area contributed by atoms with Crippen molar-refractivity contribution >= 4 is 17.5 Å². The molecule has 3 rings (SSSR count). The average Bonchev–Trinajstić information content (AvgIpc) is 3.12. The summed E-state index contributed by atoms with van der Waals surface area (Å²) in [5, 5.41) is 8.48. The van der Waals surface area contributed by atoms with Crippen LogP contribution in [0.5, 0.6) is 11.5 Å². The monoisotopic (exact) mass is 384 g/mol. The fourth-order valence-electron chi connectivity index (χ4n) is 2.45. The summed E-state index contributed by atoms with van der Waals surface area (Å²) in [6.07, 6.45) is 0. The van der Waals surface area contributed by atoms with Gasteiger partial charge < -0.3 is 13.9 Å². The van der Waals surface area contributed by atoms with Gasteiger partial charge in [0.1, 0.15) is 11.5 Å². The molecule has 0 aliphatic heterocycles. The van der Waals surface area contributed by atoms with Crippen molar-refractivity contribution < 1.29 is 18.7 Å². The summed E-state index contributed by atoms with van der Waals surface area (Å²) in [6.45, 7) is 3.75. The Morgan fingerprint density at radius 1 is 1.19 bits per heavy atom. The predicted molar refractivity (Wildman–Crippen MR) is 102 cm³/mol. The number of benzene rings is 2. The van der Waals surface area contributed by atoms with E-state index in [-0.39, 0.29) is 12.4 Å². The van der Waals surface area contributed by atoms with Gasteiger partial charge in [-0.3, -0.25) is 4.79 Å². The van der Waals surface area contributed by atoms with Gasteiger partial charge in [0.15, 0.2) is 12.4 Å². The average molecular weight is 384 g/mol. The number of nitrogens with zero attached hydrogens (tertiary/aromatic N) is 2. The molecule has 0 bridgehead atoms. The fourth-order valence-corrected chi connectivity index (χ4v) is 3.21. The molecule has 0 fully saturated rings. The summed E-state index contributed by atoms with van der Waals surface area (Å²) in [7, 11) is 1.60. The molecule has 0 saturated carbocycles. The van der Waals surface area contributed by atoms with E-state index in [0.717, 1.165) is 22.6 Å². The maximum Gasteiger partial charge on any atom is 0.277 e. The molecule has 0 aliphatic rings. The Morgan fingerprint density at radius 3 is 2.78 bits per heavy atom. The number of carbonyl (C=O) groups excluding carboxylic acids is 1. The van der Waals surface area contributed by atoms with E-state index in [9.17, 15) is 4.79 Å². The third-order valence-corrected chi connectivity index (χ3v) is 4.71. The smallest absolute Gasteiger partial charge is 0.277 e. The van der Waals surface area contributed by atoms with Crippen molar-refractivity contribution in [1.82, 2.24) is 10.2 Å². The molecular formula is C20H20N2O4S. The lowest BCUT2D eigenvalue weighted by Crippen LogP contribution is -1.97. The highest BCUT2D eigenvalue weighted by molar-refractivity contribution is 7.98. The van der Waals surface area contributed by atoms with E-state index in [1.165, 1.54) is 18.7 Å². The van der Waals surface area contributed by atoms with Gasteiger partial charge >= 0.3 is 0 Å². The first kappa shape index (κ1) is 19.0. The molecule has 27 heavy (non-hydrogen) atoms. The number of ether oxygens (including phenoxy) is 2. The van der Waals surface area contributed by atoms with Gasteiger partial charge in [-0.1, -0.05) is 23.9 Å². The van der Waals surface area contributed by atoms with Crippen molar-refractivity contribution in [3.05, 3.63) is 65.0 Å². The van der Waals surface area contributed by atoms with E-state index in [0.29, 0.717) is 22.4 Å². The minimum absolute atomic E-state index is 0.0114. The molecule has 0 saturated heterocycles. The van der Waals surface area contributed by atoms with Gasteiger partial charge in [-0.15, -0.1) is 10.2 Å². The zero-order chi connectivity index (χ0) is 19.2. The highest BCUT2D eigenvalue weighted by Crippen LogP contribution is 2.28. The highest BCUT2D eigenvalue weighted by Gasteiger charge is 2.12. The summed E-state index contributed by atoms with van der Waals surface area (Å²) in [5.74, 6) is 2.44. The number of hydrogen-bond donors (Lipinski definition) is 0. The molecule has 0 amide bonds. The highest BCUT2D eigenvalue weighted by atomic mass is 32.2. The van der Waals surface area contributed by atoms with Gasteiger partial charge in [0.25, 0.3) is 11.1 Å². The molecule has 0 N–H and O–H groups in total. The van der Waals surface area contributed by atoms with Crippen molar-refractivity contribution in [3.63, 3.8) is 0 Å². The fraction of sp³-hybridized carbons (Fsp3) is 0.250. The molecule has 3 aromatic rings. The van der Waals surface area contributed by atoms with Crippen LogP contribution in [0, 0.1) is 6.92 Å². The maximum atomic E-state index is 11.6. The first-order valence-electron chi connectivity index (χ1n) is 8.37. The van der Waals surface area contributed by atoms with Crippen LogP contribution in [0.4, 0.5) is 0 Å². The Labute approximate surface area is 161 Å². The molecular weight excluding hydrogens is 364 g/mol. The third kappa shape index (κ3) is 5.10. The topological polar surface area (TPSA) is 74.5 Å². The third-order valence-electron chi connectivity index (χ3n) is 3.84. The van der Waals surface area contributed by atoms with Gasteiger partial charge in [-0.2, -0.15) is 0 Å². The Kier molecular flexibility index (Phi) is 6.13. The molecule has 0 unspecified atom stereocenters. The Bertz CT molecular complexity index is 939. The number of ketones is 1. The number of aryl methyl sites for hydroxylation is 1. The first-order chi connectivity index (χ1) is 13.0. The zero-order valence-corrected chi connectivity index (χ0v) is 16.2. The molecule has 0 spiro atoms. The number of thioether (sulfide) groups is 1. The largest absolute Gasteiger partial charge is 0.496 e. The summed E-state index contributed by atoms with van der Waals surface area (Å²) >= 11 is 1.38. The van der Waals surface area contributed by atoms with Gasteiger partial charge in [0.2, 0.25) is 0 Å². The van der Waals surface area contributed by atoms with Crippen LogP contribution < -0.4 is 9.47 Å². The van der Waals surface area contributed by atoms with Crippen LogP contribution in [0.1, 0.15) is 34.3 Å². The van der Waals surface area contributed by atoms with E-state index in [1.54, 1.807) is 19.2 Å². The second-order valence-corrected chi connectivity index (χ2v) is 6.86. The second kappa shape index (κ2) is 8.73. The quantitative estimate of drug-likeness (QED) is 0.419. The van der Waals surface area contributed by atoms with Crippen LogP contribution >= 0.6 is 11.8 Å². The number of Topliss-reactive ketones (excluding diaryl/α,β-unsaturated/α-hetero) is 1. The van der Waals surface area contributed by atoms with E-state index >= 15 is 0 Å². The minimum atomic E-state index is 0.0114. The molecule has 7 heteroatoms. The molecule has 2 aromatic carbocycles. The Hall–Kier alpha value is -2.80. The van der Waals surface area contributed by atoms with Crippen LogP contribution in [-0.2, 0) is 12.4 Å². The van der Waals surface area contributed by atoms with Crippen molar-refractivity contribution in [2.45, 2.75) is 31.4 Å². The lowest BCUT2D eigenvalue weighted by Gasteiger charge is -2.08. The van der Waals surface area contributed by atoms with E-state index in [1.807, 2.05) is 37.3 Å². The van der Waals surface area contributed by atoms with Gasteiger partial charge in [-0.05, 0) is 49.7 Å². The van der Waals surface area contributed by atoms with Crippen LogP contribution in [-0.4, -0.2) is 23.1 Å². The number of carbonyl (C=O) groups is 1. The molecule has 1 aromatic heterocycles. The van der Waals surface area contributed by atoms with Gasteiger partial charge in [-0.25, -0.2) is 0 Å². The lowest BCUT2D eigenvalue weighted by atomic mass is 10.1. The summed E-state index contributed by atoms with van der Waals surface area (Å²) in [6, 6.07) is 13.1. The van der Waals surface area contributed by atoms with E-state index in [2.05, 4.69) is 10.2 Å². The molecule has 0 aliphatic carbocycles. The van der Waals surface area contributed by atoms with Crippen molar-refractivity contribution in [2.24, 2.45) is 0 Å². The van der Waals surface area contributed by atoms with Gasteiger partial charge in [0, 0.05) is 16.9 Å². The van der Waals surface area contributed by atoms with Crippen LogP contribution in [0.15, 0.2) is 52.1 Å². The number of hydrogen-bond acceptors (Lipinski definition) is 7. The van der Waals surface area contributed by atoms with Crippen molar-refractivity contribution in [3.8, 4) is 11.5 Å². The van der Waals surface area contributed by atoms with E-state index in [4.69, 9.17) is 13.9 Å². The zero-order valence-electron chi connectivity index (χ0n) is 15.4. The minimum Gasteiger partial charge on any atom is -0.496 e. The molecule has 0 radical (unpaired) electrons. The first-order valence-corrected chi connectivity index (χ1v) is 9.36. The van der Waals surface area contributed by atoms with Crippen LogP contribution in [0.2, 0.25) is 0 Å². The summed E-state index contributed by atoms with van der Waals surface area (Å²) in [4.78, 5) is 11.6.